The molecule has 1 heterocycles. The van der Waals surface area contributed by atoms with Crippen molar-refractivity contribution < 1.29 is 9.72 Å². The van der Waals surface area contributed by atoms with Crippen LogP contribution in [-0.4, -0.2) is 28.8 Å². The van der Waals surface area contributed by atoms with Crippen LogP contribution in [0.2, 0.25) is 0 Å². The lowest BCUT2D eigenvalue weighted by Crippen LogP contribution is -2.39. The van der Waals surface area contributed by atoms with Gasteiger partial charge in [-0.05, 0) is 30.9 Å². The van der Waals surface area contributed by atoms with Gasteiger partial charge in [-0.25, -0.2) is 0 Å². The Morgan fingerprint density at radius 2 is 2.06 bits per heavy atom. The number of nitro benzene ring substituents is 1. The molecular weight excluding hydrogens is 232 g/mol. The number of likely N-dealkylation sites (tertiary alicyclic amines) is 1. The fourth-order valence-electron chi connectivity index (χ4n) is 2.28. The molecule has 0 aliphatic carbocycles. The maximum atomic E-state index is 12.2. The third-order valence-corrected chi connectivity index (χ3v) is 3.27. The van der Waals surface area contributed by atoms with Gasteiger partial charge >= 0.3 is 0 Å². The van der Waals surface area contributed by atoms with Crippen LogP contribution in [-0.2, 0) is 0 Å². The summed E-state index contributed by atoms with van der Waals surface area (Å²) in [6, 6.07) is 5.81. The minimum atomic E-state index is -0.461. The average molecular weight is 248 g/mol. The Bertz CT molecular complexity index is 456. The lowest BCUT2D eigenvalue weighted by Gasteiger charge is -2.30. The van der Waals surface area contributed by atoms with Gasteiger partial charge in [-0.15, -0.1) is 0 Å². The maximum Gasteiger partial charge on any atom is 0.269 e. The van der Waals surface area contributed by atoms with E-state index < -0.39 is 4.92 Å². The van der Waals surface area contributed by atoms with Crippen molar-refractivity contribution in [3.63, 3.8) is 0 Å². The predicted molar refractivity (Wildman–Crippen MR) is 67.4 cm³/mol. The number of nitro groups is 1. The zero-order chi connectivity index (χ0) is 13.1. The number of benzene rings is 1. The van der Waals surface area contributed by atoms with Crippen LogP contribution in [0.3, 0.4) is 0 Å². The topological polar surface area (TPSA) is 63.5 Å². The van der Waals surface area contributed by atoms with Crippen LogP contribution in [0.4, 0.5) is 5.69 Å². The Morgan fingerprint density at radius 3 is 2.61 bits per heavy atom. The molecule has 1 saturated heterocycles. The highest BCUT2D eigenvalue weighted by molar-refractivity contribution is 5.94. The molecule has 0 N–H and O–H groups in total. The van der Waals surface area contributed by atoms with Gasteiger partial charge in [0, 0.05) is 30.8 Å². The summed E-state index contributed by atoms with van der Waals surface area (Å²) in [5, 5.41) is 10.5. The van der Waals surface area contributed by atoms with E-state index in [9.17, 15) is 14.9 Å². The summed E-state index contributed by atoms with van der Waals surface area (Å²) in [6.07, 6.45) is 2.18. The van der Waals surface area contributed by atoms with Gasteiger partial charge in [-0.2, -0.15) is 0 Å². The van der Waals surface area contributed by atoms with E-state index in [0.29, 0.717) is 11.5 Å². The van der Waals surface area contributed by atoms with Crippen molar-refractivity contribution in [2.24, 2.45) is 5.92 Å². The number of carbonyl (C=O) groups is 1. The summed E-state index contributed by atoms with van der Waals surface area (Å²) in [7, 11) is 0. The highest BCUT2D eigenvalue weighted by Crippen LogP contribution is 2.19. The van der Waals surface area contributed by atoms with E-state index >= 15 is 0 Å². The zero-order valence-electron chi connectivity index (χ0n) is 10.3. The van der Waals surface area contributed by atoms with Crippen molar-refractivity contribution in [3.05, 3.63) is 39.9 Å². The van der Waals surface area contributed by atoms with E-state index in [2.05, 4.69) is 6.92 Å². The lowest BCUT2D eigenvalue weighted by molar-refractivity contribution is -0.384. The van der Waals surface area contributed by atoms with Crippen molar-refractivity contribution in [1.82, 2.24) is 4.90 Å². The Hall–Kier alpha value is -1.91. The highest BCUT2D eigenvalue weighted by Gasteiger charge is 2.22. The first-order valence-corrected chi connectivity index (χ1v) is 6.11. The van der Waals surface area contributed by atoms with E-state index in [4.69, 9.17) is 0 Å². The molecule has 0 bridgehead atoms. The third-order valence-electron chi connectivity index (χ3n) is 3.27. The molecule has 18 heavy (non-hydrogen) atoms. The van der Waals surface area contributed by atoms with E-state index in [-0.39, 0.29) is 11.6 Å². The SMILES string of the molecule is CC1CCCN(C(=O)c2ccc([N+](=O)[O-])cc2)C1. The predicted octanol–water partition coefficient (Wildman–Crippen LogP) is 2.47. The number of hydrogen-bond donors (Lipinski definition) is 0. The van der Waals surface area contributed by atoms with Crippen LogP contribution >= 0.6 is 0 Å². The van der Waals surface area contributed by atoms with E-state index in [1.54, 1.807) is 0 Å². The molecule has 0 aromatic heterocycles. The van der Waals surface area contributed by atoms with E-state index in [1.807, 2.05) is 4.90 Å². The molecule has 1 amide bonds. The minimum absolute atomic E-state index is 0.0126. The summed E-state index contributed by atoms with van der Waals surface area (Å²) in [5.74, 6) is 0.497. The van der Waals surface area contributed by atoms with E-state index in [0.717, 1.165) is 25.9 Å². The first kappa shape index (κ1) is 12.5. The van der Waals surface area contributed by atoms with Gasteiger partial charge in [0.15, 0.2) is 0 Å². The van der Waals surface area contributed by atoms with Crippen molar-refractivity contribution in [1.29, 1.82) is 0 Å². The normalized spacial score (nSPS) is 19.6. The van der Waals surface area contributed by atoms with Crippen molar-refractivity contribution in [3.8, 4) is 0 Å². The molecule has 0 radical (unpaired) electrons. The van der Waals surface area contributed by atoms with Crippen LogP contribution in [0.5, 0.6) is 0 Å². The number of hydrogen-bond acceptors (Lipinski definition) is 3. The summed E-state index contributed by atoms with van der Waals surface area (Å²) in [4.78, 5) is 24.1. The van der Waals surface area contributed by atoms with Gasteiger partial charge in [0.2, 0.25) is 0 Å². The quantitative estimate of drug-likeness (QED) is 0.596. The van der Waals surface area contributed by atoms with E-state index in [1.165, 1.54) is 24.3 Å². The molecule has 0 spiro atoms. The first-order chi connectivity index (χ1) is 8.58. The molecular formula is C13H16N2O3. The molecule has 1 fully saturated rings. The number of amides is 1. The van der Waals surface area contributed by atoms with Crippen LogP contribution in [0.1, 0.15) is 30.1 Å². The third kappa shape index (κ3) is 2.67. The molecule has 2 rings (SSSR count). The van der Waals surface area contributed by atoms with Crippen molar-refractivity contribution in [2.75, 3.05) is 13.1 Å². The van der Waals surface area contributed by atoms with Gasteiger partial charge in [0.05, 0.1) is 4.92 Å². The summed E-state index contributed by atoms with van der Waals surface area (Å²) >= 11 is 0. The molecule has 5 nitrogen and oxygen atoms in total. The molecule has 1 aromatic carbocycles. The second-order valence-corrected chi connectivity index (χ2v) is 4.80. The second kappa shape index (κ2) is 5.16. The molecule has 1 aliphatic rings. The van der Waals surface area contributed by atoms with Crippen molar-refractivity contribution in [2.45, 2.75) is 19.8 Å². The lowest BCUT2D eigenvalue weighted by atomic mass is 9.99. The molecule has 5 heteroatoms. The first-order valence-electron chi connectivity index (χ1n) is 6.11. The van der Waals surface area contributed by atoms with Crippen LogP contribution in [0, 0.1) is 16.0 Å². The standard InChI is InChI=1S/C13H16N2O3/c1-10-3-2-8-14(9-10)13(16)11-4-6-12(7-5-11)15(17)18/h4-7,10H,2-3,8-9H2,1H3. The van der Waals surface area contributed by atoms with Gasteiger partial charge in [-0.3, -0.25) is 14.9 Å². The Kier molecular flexibility index (Phi) is 3.60. The number of nitrogens with zero attached hydrogens (tertiary/aromatic N) is 2. The smallest absolute Gasteiger partial charge is 0.269 e. The Labute approximate surface area is 106 Å². The molecule has 1 aromatic rings. The Balaban J connectivity index is 2.10. The van der Waals surface area contributed by atoms with Crippen LogP contribution in [0.25, 0.3) is 0 Å². The number of carbonyl (C=O) groups excluding carboxylic acids is 1. The molecule has 1 aliphatic heterocycles. The van der Waals surface area contributed by atoms with Crippen molar-refractivity contribution >= 4 is 11.6 Å². The molecule has 96 valence electrons. The second-order valence-electron chi connectivity index (χ2n) is 4.80. The largest absolute Gasteiger partial charge is 0.338 e. The summed E-state index contributed by atoms with van der Waals surface area (Å²) < 4.78 is 0. The van der Waals surface area contributed by atoms with Gasteiger partial charge in [0.25, 0.3) is 11.6 Å². The minimum Gasteiger partial charge on any atom is -0.338 e. The van der Waals surface area contributed by atoms with Gasteiger partial charge in [-0.1, -0.05) is 6.92 Å². The number of piperidine rings is 1. The van der Waals surface area contributed by atoms with Gasteiger partial charge < -0.3 is 4.90 Å². The Morgan fingerprint density at radius 1 is 1.39 bits per heavy atom. The molecule has 1 unspecified atom stereocenters. The molecule has 0 saturated carbocycles. The zero-order valence-corrected chi connectivity index (χ0v) is 10.3. The van der Waals surface area contributed by atoms with Crippen LogP contribution in [0.15, 0.2) is 24.3 Å². The average Bonchev–Trinajstić information content (AvgIpc) is 2.38. The maximum absolute atomic E-state index is 12.2. The summed E-state index contributed by atoms with van der Waals surface area (Å²) in [6.45, 7) is 3.69. The van der Waals surface area contributed by atoms with Crippen LogP contribution < -0.4 is 0 Å². The monoisotopic (exact) mass is 248 g/mol. The number of non-ortho nitro benzene ring substituents is 1. The highest BCUT2D eigenvalue weighted by atomic mass is 16.6. The fourth-order valence-corrected chi connectivity index (χ4v) is 2.28. The fraction of sp³-hybridized carbons (Fsp3) is 0.462. The summed E-state index contributed by atoms with van der Waals surface area (Å²) in [5.41, 5.74) is 0.535. The number of rotatable bonds is 2. The van der Waals surface area contributed by atoms with Gasteiger partial charge in [0.1, 0.15) is 0 Å². The molecule has 1 atom stereocenters.